The van der Waals surface area contributed by atoms with Crippen molar-refractivity contribution in [1.82, 2.24) is 5.32 Å². The van der Waals surface area contributed by atoms with Gasteiger partial charge in [0.15, 0.2) is 0 Å². The second-order valence-electron chi connectivity index (χ2n) is 5.24. The maximum Gasteiger partial charge on any atom is 0.119 e. The molecule has 0 radical (unpaired) electrons. The van der Waals surface area contributed by atoms with Crippen molar-refractivity contribution in [3.05, 3.63) is 29.3 Å². The van der Waals surface area contributed by atoms with E-state index in [1.807, 2.05) is 0 Å². The lowest BCUT2D eigenvalue weighted by Gasteiger charge is -2.23. The molecule has 1 aliphatic heterocycles. The van der Waals surface area contributed by atoms with Gasteiger partial charge in [0.1, 0.15) is 12.4 Å². The number of piperidine rings is 1. The van der Waals surface area contributed by atoms with Gasteiger partial charge in [-0.3, -0.25) is 0 Å². The summed E-state index contributed by atoms with van der Waals surface area (Å²) in [6, 6.07) is 7.17. The molecule has 0 amide bonds. The molecular weight excluding hydrogens is 210 g/mol. The lowest BCUT2D eigenvalue weighted by molar-refractivity contribution is 0.239. The Kier molecular flexibility index (Phi) is 3.32. The zero-order valence-corrected chi connectivity index (χ0v) is 10.4. The third-order valence-electron chi connectivity index (χ3n) is 3.93. The molecule has 1 aliphatic carbocycles. The Morgan fingerprint density at radius 3 is 2.94 bits per heavy atom. The largest absolute Gasteiger partial charge is 0.492 e. The minimum Gasteiger partial charge on any atom is -0.492 e. The van der Waals surface area contributed by atoms with Crippen molar-refractivity contribution in [3.8, 4) is 5.75 Å². The molecule has 2 heteroatoms. The van der Waals surface area contributed by atoms with Gasteiger partial charge in [0.25, 0.3) is 0 Å². The van der Waals surface area contributed by atoms with Crippen molar-refractivity contribution in [1.29, 1.82) is 0 Å². The van der Waals surface area contributed by atoms with E-state index in [-0.39, 0.29) is 0 Å². The monoisotopic (exact) mass is 231 g/mol. The van der Waals surface area contributed by atoms with Gasteiger partial charge in [0, 0.05) is 6.04 Å². The van der Waals surface area contributed by atoms with Gasteiger partial charge in [0.05, 0.1) is 0 Å². The van der Waals surface area contributed by atoms with Crippen molar-refractivity contribution in [2.45, 2.75) is 44.6 Å². The van der Waals surface area contributed by atoms with Crippen LogP contribution in [0.1, 0.15) is 36.8 Å². The highest BCUT2D eigenvalue weighted by Gasteiger charge is 2.14. The van der Waals surface area contributed by atoms with Gasteiger partial charge in [-0.05, 0) is 61.9 Å². The molecule has 2 nitrogen and oxygen atoms in total. The normalized spacial score (nSPS) is 23.4. The smallest absolute Gasteiger partial charge is 0.119 e. The van der Waals surface area contributed by atoms with E-state index in [2.05, 4.69) is 23.5 Å². The van der Waals surface area contributed by atoms with Crippen LogP contribution in [0.5, 0.6) is 5.75 Å². The molecule has 0 aromatic heterocycles. The summed E-state index contributed by atoms with van der Waals surface area (Å²) in [7, 11) is 0. The fourth-order valence-electron chi connectivity index (χ4n) is 2.90. The van der Waals surface area contributed by atoms with Crippen LogP contribution in [0, 0.1) is 0 Å². The minimum absolute atomic E-state index is 0.553. The molecule has 1 fully saturated rings. The third-order valence-corrected chi connectivity index (χ3v) is 3.93. The number of ether oxygens (including phenoxy) is 1. The highest BCUT2D eigenvalue weighted by Crippen LogP contribution is 2.26. The molecule has 1 unspecified atom stereocenters. The Morgan fingerprint density at radius 1 is 1.12 bits per heavy atom. The second kappa shape index (κ2) is 5.09. The fourth-order valence-corrected chi connectivity index (χ4v) is 2.90. The molecule has 0 saturated carbocycles. The predicted octanol–water partition coefficient (Wildman–Crippen LogP) is 2.70. The molecular formula is C15H21NO. The van der Waals surface area contributed by atoms with E-state index in [1.165, 1.54) is 49.7 Å². The molecule has 17 heavy (non-hydrogen) atoms. The molecule has 2 aliphatic rings. The van der Waals surface area contributed by atoms with Crippen molar-refractivity contribution in [3.63, 3.8) is 0 Å². The van der Waals surface area contributed by atoms with Gasteiger partial charge in [-0.15, -0.1) is 0 Å². The lowest BCUT2D eigenvalue weighted by Crippen LogP contribution is -2.38. The van der Waals surface area contributed by atoms with E-state index >= 15 is 0 Å². The number of hydrogen-bond acceptors (Lipinski definition) is 2. The van der Waals surface area contributed by atoms with Crippen LogP contribution in [0.2, 0.25) is 0 Å². The zero-order valence-electron chi connectivity index (χ0n) is 10.4. The second-order valence-corrected chi connectivity index (χ2v) is 5.24. The quantitative estimate of drug-likeness (QED) is 0.863. The fraction of sp³-hybridized carbons (Fsp3) is 0.600. The Labute approximate surface area is 103 Å². The highest BCUT2D eigenvalue weighted by molar-refractivity contribution is 5.38. The number of nitrogens with one attached hydrogen (secondary N) is 1. The molecule has 0 bridgehead atoms. The molecule has 1 heterocycles. The summed E-state index contributed by atoms with van der Waals surface area (Å²) >= 11 is 0. The molecule has 3 rings (SSSR count). The molecule has 1 N–H and O–H groups in total. The Morgan fingerprint density at radius 2 is 2.06 bits per heavy atom. The number of benzene rings is 1. The third kappa shape index (κ3) is 2.63. The topological polar surface area (TPSA) is 21.3 Å². The van der Waals surface area contributed by atoms with Gasteiger partial charge in [0.2, 0.25) is 0 Å². The molecule has 1 saturated heterocycles. The first-order valence-electron chi connectivity index (χ1n) is 6.90. The van der Waals surface area contributed by atoms with Crippen molar-refractivity contribution in [2.24, 2.45) is 0 Å². The average molecular weight is 231 g/mol. The van der Waals surface area contributed by atoms with E-state index < -0.39 is 0 Å². The number of rotatable bonds is 3. The number of fused-ring (bicyclic) bond motifs is 1. The maximum absolute atomic E-state index is 5.91. The van der Waals surface area contributed by atoms with Crippen LogP contribution in [0.3, 0.4) is 0 Å². The average Bonchev–Trinajstić information content (AvgIpc) is 2.85. The maximum atomic E-state index is 5.91. The molecule has 92 valence electrons. The Balaban J connectivity index is 1.57. The van der Waals surface area contributed by atoms with Crippen LogP contribution in [0.25, 0.3) is 0 Å². The summed E-state index contributed by atoms with van der Waals surface area (Å²) in [4.78, 5) is 0. The number of aryl methyl sites for hydroxylation is 2. The first-order valence-corrected chi connectivity index (χ1v) is 6.90. The van der Waals surface area contributed by atoms with Crippen molar-refractivity contribution >= 4 is 0 Å². The molecule has 1 aromatic rings. The van der Waals surface area contributed by atoms with E-state index in [4.69, 9.17) is 4.74 Å². The van der Waals surface area contributed by atoms with Gasteiger partial charge in [-0.25, -0.2) is 0 Å². The summed E-state index contributed by atoms with van der Waals surface area (Å²) in [6.07, 6.45) is 7.70. The summed E-state index contributed by atoms with van der Waals surface area (Å²) < 4.78 is 5.91. The first kappa shape index (κ1) is 11.1. The minimum atomic E-state index is 0.553. The SMILES string of the molecule is c1cc2c(cc1OCC1CCCCN1)CCC2. The van der Waals surface area contributed by atoms with Crippen LogP contribution < -0.4 is 10.1 Å². The Bertz CT molecular complexity index is 383. The summed E-state index contributed by atoms with van der Waals surface area (Å²) in [5.41, 5.74) is 3.02. The van der Waals surface area contributed by atoms with Gasteiger partial charge in [-0.2, -0.15) is 0 Å². The van der Waals surface area contributed by atoms with Gasteiger partial charge >= 0.3 is 0 Å². The van der Waals surface area contributed by atoms with Gasteiger partial charge in [-0.1, -0.05) is 12.5 Å². The summed E-state index contributed by atoms with van der Waals surface area (Å²) in [6.45, 7) is 1.97. The zero-order chi connectivity index (χ0) is 11.5. The lowest BCUT2D eigenvalue weighted by atomic mass is 10.1. The molecule has 1 aromatic carbocycles. The molecule has 0 spiro atoms. The van der Waals surface area contributed by atoms with Crippen molar-refractivity contribution < 1.29 is 4.74 Å². The van der Waals surface area contributed by atoms with Crippen LogP contribution >= 0.6 is 0 Å². The van der Waals surface area contributed by atoms with Crippen LogP contribution in [0.15, 0.2) is 18.2 Å². The standard InChI is InChI=1S/C15H21NO/c1-2-9-16-14(6-1)11-17-15-8-7-12-4-3-5-13(12)10-15/h7-8,10,14,16H,1-6,9,11H2. The van der Waals surface area contributed by atoms with Crippen LogP contribution in [-0.2, 0) is 12.8 Å². The van der Waals surface area contributed by atoms with E-state index in [1.54, 1.807) is 0 Å². The predicted molar refractivity (Wildman–Crippen MR) is 69.6 cm³/mol. The van der Waals surface area contributed by atoms with Crippen LogP contribution in [0.4, 0.5) is 0 Å². The highest BCUT2D eigenvalue weighted by atomic mass is 16.5. The van der Waals surface area contributed by atoms with E-state index in [9.17, 15) is 0 Å². The van der Waals surface area contributed by atoms with E-state index in [0.29, 0.717) is 6.04 Å². The van der Waals surface area contributed by atoms with E-state index in [0.717, 1.165) is 18.9 Å². The van der Waals surface area contributed by atoms with Crippen molar-refractivity contribution in [2.75, 3.05) is 13.2 Å². The number of hydrogen-bond donors (Lipinski definition) is 1. The Hall–Kier alpha value is -1.02. The first-order chi connectivity index (χ1) is 8.42. The van der Waals surface area contributed by atoms with Gasteiger partial charge < -0.3 is 10.1 Å². The molecule has 1 atom stereocenters. The summed E-state index contributed by atoms with van der Waals surface area (Å²) in [5, 5.41) is 3.52. The van der Waals surface area contributed by atoms with Crippen LogP contribution in [-0.4, -0.2) is 19.2 Å². The summed E-state index contributed by atoms with van der Waals surface area (Å²) in [5.74, 6) is 1.05.